The Bertz CT molecular complexity index is 590. The SMILES string of the molecule is O=C(c1cccnc1)c1cc(Br)ccc1OC(F)F. The molecule has 0 aliphatic heterocycles. The van der Waals surface area contributed by atoms with Crippen LogP contribution in [0.5, 0.6) is 5.75 Å². The molecule has 19 heavy (non-hydrogen) atoms. The molecule has 0 bridgehead atoms. The predicted molar refractivity (Wildman–Crippen MR) is 68.4 cm³/mol. The van der Waals surface area contributed by atoms with E-state index < -0.39 is 12.4 Å². The van der Waals surface area contributed by atoms with Crippen LogP contribution in [0.15, 0.2) is 47.2 Å². The van der Waals surface area contributed by atoms with E-state index in [4.69, 9.17) is 0 Å². The quantitative estimate of drug-likeness (QED) is 0.804. The Balaban J connectivity index is 2.43. The number of benzene rings is 1. The van der Waals surface area contributed by atoms with Crippen molar-refractivity contribution in [3.8, 4) is 5.75 Å². The van der Waals surface area contributed by atoms with E-state index in [9.17, 15) is 13.6 Å². The number of carbonyl (C=O) groups is 1. The molecule has 1 aromatic carbocycles. The molecular weight excluding hydrogens is 320 g/mol. The van der Waals surface area contributed by atoms with Crippen molar-refractivity contribution in [2.45, 2.75) is 6.61 Å². The van der Waals surface area contributed by atoms with Gasteiger partial charge in [0.05, 0.1) is 5.56 Å². The van der Waals surface area contributed by atoms with Gasteiger partial charge in [0.2, 0.25) is 0 Å². The molecule has 2 aromatic rings. The van der Waals surface area contributed by atoms with Gasteiger partial charge in [-0.2, -0.15) is 8.78 Å². The number of nitrogens with zero attached hydrogens (tertiary/aromatic N) is 1. The first-order chi connectivity index (χ1) is 9.08. The van der Waals surface area contributed by atoms with Gasteiger partial charge >= 0.3 is 6.61 Å². The zero-order valence-corrected chi connectivity index (χ0v) is 11.1. The number of halogens is 3. The average molecular weight is 328 g/mol. The normalized spacial score (nSPS) is 10.5. The molecule has 3 nitrogen and oxygen atoms in total. The van der Waals surface area contributed by atoms with Gasteiger partial charge in [0.15, 0.2) is 5.78 Å². The maximum Gasteiger partial charge on any atom is 0.387 e. The average Bonchev–Trinajstić information content (AvgIpc) is 2.40. The highest BCUT2D eigenvalue weighted by molar-refractivity contribution is 9.10. The van der Waals surface area contributed by atoms with Crippen molar-refractivity contribution >= 4 is 21.7 Å². The molecule has 0 saturated heterocycles. The highest BCUT2D eigenvalue weighted by Gasteiger charge is 2.17. The third kappa shape index (κ3) is 3.35. The molecule has 0 fully saturated rings. The highest BCUT2D eigenvalue weighted by atomic mass is 79.9. The third-order valence-electron chi connectivity index (χ3n) is 2.33. The van der Waals surface area contributed by atoms with Crippen LogP contribution in [0.4, 0.5) is 8.78 Å². The first-order valence-electron chi connectivity index (χ1n) is 5.27. The number of aromatic nitrogens is 1. The number of pyridine rings is 1. The molecule has 0 radical (unpaired) electrons. The summed E-state index contributed by atoms with van der Waals surface area (Å²) in [6.07, 6.45) is 2.89. The number of hydrogen-bond donors (Lipinski definition) is 0. The van der Waals surface area contributed by atoms with Crippen LogP contribution in [0.2, 0.25) is 0 Å². The first kappa shape index (κ1) is 13.6. The van der Waals surface area contributed by atoms with E-state index in [-0.39, 0.29) is 11.3 Å². The molecule has 2 rings (SSSR count). The summed E-state index contributed by atoms with van der Waals surface area (Å²) in [6, 6.07) is 7.44. The summed E-state index contributed by atoms with van der Waals surface area (Å²) in [6.45, 7) is -2.98. The molecule has 0 unspecified atom stereocenters. The number of ketones is 1. The van der Waals surface area contributed by atoms with Crippen LogP contribution in [0, 0.1) is 0 Å². The number of rotatable bonds is 4. The summed E-state index contributed by atoms with van der Waals surface area (Å²) in [5, 5.41) is 0. The Morgan fingerprint density at radius 2 is 2.11 bits per heavy atom. The van der Waals surface area contributed by atoms with E-state index in [1.807, 2.05) is 0 Å². The first-order valence-corrected chi connectivity index (χ1v) is 6.06. The Hall–Kier alpha value is -1.82. The molecule has 6 heteroatoms. The molecule has 0 atom stereocenters. The Morgan fingerprint density at radius 3 is 2.74 bits per heavy atom. The fourth-order valence-corrected chi connectivity index (χ4v) is 1.89. The van der Waals surface area contributed by atoms with Gasteiger partial charge in [0, 0.05) is 22.4 Å². The lowest BCUT2D eigenvalue weighted by atomic mass is 10.0. The molecule has 98 valence electrons. The Labute approximate surface area is 116 Å². The summed E-state index contributed by atoms with van der Waals surface area (Å²) < 4.78 is 29.6. The summed E-state index contributed by atoms with van der Waals surface area (Å²) in [4.78, 5) is 16.0. The van der Waals surface area contributed by atoms with Crippen LogP contribution >= 0.6 is 15.9 Å². The lowest BCUT2D eigenvalue weighted by molar-refractivity contribution is -0.0501. The van der Waals surface area contributed by atoms with Gasteiger partial charge in [-0.25, -0.2) is 0 Å². The second-order valence-electron chi connectivity index (χ2n) is 3.59. The lowest BCUT2D eigenvalue weighted by Gasteiger charge is -2.10. The van der Waals surface area contributed by atoms with Gasteiger partial charge in [-0.1, -0.05) is 15.9 Å². The summed E-state index contributed by atoms with van der Waals surface area (Å²) in [5.41, 5.74) is 0.363. The molecule has 0 aliphatic carbocycles. The molecule has 1 heterocycles. The van der Waals surface area contributed by atoms with Crippen LogP contribution in [-0.2, 0) is 0 Å². The van der Waals surface area contributed by atoms with Gasteiger partial charge in [0.25, 0.3) is 0 Å². The topological polar surface area (TPSA) is 39.2 Å². The van der Waals surface area contributed by atoms with E-state index in [1.54, 1.807) is 12.1 Å². The van der Waals surface area contributed by atoms with Crippen molar-refractivity contribution in [1.29, 1.82) is 0 Å². The van der Waals surface area contributed by atoms with Gasteiger partial charge in [-0.05, 0) is 30.3 Å². The number of ether oxygens (including phenoxy) is 1. The monoisotopic (exact) mass is 327 g/mol. The van der Waals surface area contributed by atoms with Crippen molar-refractivity contribution in [3.05, 3.63) is 58.3 Å². The minimum Gasteiger partial charge on any atom is -0.434 e. The van der Waals surface area contributed by atoms with Crippen molar-refractivity contribution in [1.82, 2.24) is 4.98 Å². The zero-order valence-electron chi connectivity index (χ0n) is 9.52. The van der Waals surface area contributed by atoms with Gasteiger partial charge in [0.1, 0.15) is 5.75 Å². The molecule has 0 N–H and O–H groups in total. The minimum absolute atomic E-state index is 0.0580. The van der Waals surface area contributed by atoms with Crippen LogP contribution in [-0.4, -0.2) is 17.4 Å². The highest BCUT2D eigenvalue weighted by Crippen LogP contribution is 2.26. The zero-order chi connectivity index (χ0) is 13.8. The van der Waals surface area contributed by atoms with E-state index in [2.05, 4.69) is 25.7 Å². The van der Waals surface area contributed by atoms with Crippen molar-refractivity contribution in [2.75, 3.05) is 0 Å². The molecule has 1 aromatic heterocycles. The van der Waals surface area contributed by atoms with Gasteiger partial charge in [-0.3, -0.25) is 9.78 Å². The summed E-state index contributed by atoms with van der Waals surface area (Å²) in [7, 11) is 0. The van der Waals surface area contributed by atoms with E-state index >= 15 is 0 Å². The van der Waals surface area contributed by atoms with Crippen LogP contribution < -0.4 is 4.74 Å². The molecule has 0 spiro atoms. The summed E-state index contributed by atoms with van der Waals surface area (Å²) in [5.74, 6) is -0.586. The van der Waals surface area contributed by atoms with E-state index in [1.165, 1.54) is 30.6 Å². The maximum absolute atomic E-state index is 12.3. The Kier molecular flexibility index (Phi) is 4.21. The largest absolute Gasteiger partial charge is 0.434 e. The second-order valence-corrected chi connectivity index (χ2v) is 4.51. The molecule has 0 saturated carbocycles. The lowest BCUT2D eigenvalue weighted by Crippen LogP contribution is -2.09. The number of alkyl halides is 2. The van der Waals surface area contributed by atoms with Gasteiger partial charge < -0.3 is 4.74 Å². The molecule has 0 amide bonds. The van der Waals surface area contributed by atoms with E-state index in [0.717, 1.165) is 0 Å². The summed E-state index contributed by atoms with van der Waals surface area (Å²) >= 11 is 3.19. The van der Waals surface area contributed by atoms with Gasteiger partial charge in [-0.15, -0.1) is 0 Å². The van der Waals surface area contributed by atoms with Crippen LogP contribution in [0.3, 0.4) is 0 Å². The van der Waals surface area contributed by atoms with E-state index in [0.29, 0.717) is 10.0 Å². The minimum atomic E-state index is -2.98. The number of hydrogen-bond acceptors (Lipinski definition) is 3. The predicted octanol–water partition coefficient (Wildman–Crippen LogP) is 3.68. The van der Waals surface area contributed by atoms with Crippen LogP contribution in [0.25, 0.3) is 0 Å². The van der Waals surface area contributed by atoms with Crippen molar-refractivity contribution in [3.63, 3.8) is 0 Å². The van der Waals surface area contributed by atoms with Crippen molar-refractivity contribution < 1.29 is 18.3 Å². The fraction of sp³-hybridized carbons (Fsp3) is 0.0769. The van der Waals surface area contributed by atoms with Crippen molar-refractivity contribution in [2.24, 2.45) is 0 Å². The third-order valence-corrected chi connectivity index (χ3v) is 2.82. The molecular formula is C13H8BrF2NO2. The number of carbonyl (C=O) groups excluding carboxylic acids is 1. The standard InChI is InChI=1S/C13H8BrF2NO2/c14-9-3-4-11(19-13(15)16)10(6-9)12(18)8-2-1-5-17-7-8/h1-7,13H. The fourth-order valence-electron chi connectivity index (χ4n) is 1.53. The second kappa shape index (κ2) is 5.88. The Morgan fingerprint density at radius 1 is 1.32 bits per heavy atom. The smallest absolute Gasteiger partial charge is 0.387 e. The van der Waals surface area contributed by atoms with Crippen LogP contribution in [0.1, 0.15) is 15.9 Å². The molecule has 0 aliphatic rings. The maximum atomic E-state index is 12.3.